The minimum atomic E-state index is -0.786. The summed E-state index contributed by atoms with van der Waals surface area (Å²) in [5.74, 6) is -3.29. The Bertz CT molecular complexity index is 729. The Morgan fingerprint density at radius 3 is 1.21 bits per heavy atom. The van der Waals surface area contributed by atoms with Gasteiger partial charge in [0, 0.05) is 11.4 Å². The highest BCUT2D eigenvalue weighted by Gasteiger charge is 2.13. The summed E-state index contributed by atoms with van der Waals surface area (Å²) in [6, 6.07) is 6.08. The quantitative estimate of drug-likeness (QED) is 0.380. The van der Waals surface area contributed by atoms with E-state index in [-0.39, 0.29) is 11.5 Å². The molecular weight excluding hydrogens is 372 g/mol. The zero-order valence-electron chi connectivity index (χ0n) is 15.7. The van der Waals surface area contributed by atoms with Crippen molar-refractivity contribution in [3.05, 3.63) is 47.9 Å². The van der Waals surface area contributed by atoms with Crippen LogP contribution in [0.2, 0.25) is 0 Å². The molecule has 28 heavy (non-hydrogen) atoms. The van der Waals surface area contributed by atoms with Crippen LogP contribution in [0.1, 0.15) is 0 Å². The molecule has 0 aliphatic heterocycles. The molecule has 0 radical (unpaired) electrons. The van der Waals surface area contributed by atoms with Crippen LogP contribution in [0, 0.1) is 0 Å². The van der Waals surface area contributed by atoms with Crippen LogP contribution in [0.15, 0.2) is 47.9 Å². The van der Waals surface area contributed by atoms with Gasteiger partial charge in [-0.25, -0.2) is 9.59 Å². The number of rotatable bonds is 8. The van der Waals surface area contributed by atoms with Gasteiger partial charge in [0.1, 0.15) is 0 Å². The number of carbonyl (C=O) groups excluding carboxylic acids is 4. The third-order valence-electron chi connectivity index (χ3n) is 3.16. The lowest BCUT2D eigenvalue weighted by atomic mass is 10.2. The fourth-order valence-corrected chi connectivity index (χ4v) is 1.84. The van der Waals surface area contributed by atoms with Crippen molar-refractivity contribution in [1.29, 1.82) is 0 Å². The number of benzene rings is 1. The van der Waals surface area contributed by atoms with E-state index in [1.807, 2.05) is 0 Å². The van der Waals surface area contributed by atoms with Gasteiger partial charge in [-0.2, -0.15) is 0 Å². The molecule has 0 aliphatic rings. The van der Waals surface area contributed by atoms with Gasteiger partial charge in [-0.1, -0.05) is 0 Å². The molecule has 0 unspecified atom stereocenters. The molecule has 0 spiro atoms. The number of anilines is 2. The van der Waals surface area contributed by atoms with Gasteiger partial charge in [0.25, 0.3) is 11.8 Å². The van der Waals surface area contributed by atoms with E-state index >= 15 is 0 Å². The van der Waals surface area contributed by atoms with E-state index in [9.17, 15) is 19.2 Å². The molecule has 1 rings (SSSR count). The maximum atomic E-state index is 11.9. The fraction of sp³-hybridized carbons (Fsp3) is 0.222. The van der Waals surface area contributed by atoms with E-state index in [1.54, 1.807) is 0 Å². The number of nitrogens with one attached hydrogen (secondary N) is 2. The average Bonchev–Trinajstić information content (AvgIpc) is 2.70. The standard InChI is InChI=1S/C18H20N2O8/c1-25-13(17(23)27-3)9-15(21)19-11-5-7-12(8-6-11)20-16(22)10-14(26-2)18(24)28-4/h5-10H,1-4H3,(H,19,21)(H,20,22)/b13-9+,14-10+. The minimum Gasteiger partial charge on any atom is -0.490 e. The van der Waals surface area contributed by atoms with Crippen molar-refractivity contribution < 1.29 is 38.1 Å². The number of ether oxygens (including phenoxy) is 4. The molecule has 2 N–H and O–H groups in total. The first kappa shape index (κ1) is 22.2. The molecule has 0 atom stereocenters. The summed E-state index contributed by atoms with van der Waals surface area (Å²) in [7, 11) is 4.79. The van der Waals surface area contributed by atoms with E-state index in [2.05, 4.69) is 20.1 Å². The molecule has 0 saturated heterocycles. The highest BCUT2D eigenvalue weighted by atomic mass is 16.6. The SMILES string of the molecule is COC(=O)/C(=C\C(=O)Nc1ccc(NC(=O)/C=C(/OC)C(=O)OC)cc1)OC. The van der Waals surface area contributed by atoms with Gasteiger partial charge in [0.15, 0.2) is 0 Å². The molecule has 0 aliphatic carbocycles. The van der Waals surface area contributed by atoms with Crippen molar-refractivity contribution in [2.24, 2.45) is 0 Å². The maximum absolute atomic E-state index is 11.9. The van der Waals surface area contributed by atoms with Crippen LogP contribution in [-0.2, 0) is 38.1 Å². The van der Waals surface area contributed by atoms with Crippen molar-refractivity contribution in [2.75, 3.05) is 39.1 Å². The van der Waals surface area contributed by atoms with Gasteiger partial charge in [-0.15, -0.1) is 0 Å². The van der Waals surface area contributed by atoms with Gasteiger partial charge in [0.05, 0.1) is 40.6 Å². The number of methoxy groups -OCH3 is 4. The van der Waals surface area contributed by atoms with Crippen LogP contribution < -0.4 is 10.6 Å². The van der Waals surface area contributed by atoms with Crippen LogP contribution in [0.5, 0.6) is 0 Å². The molecule has 1 aromatic carbocycles. The summed E-state index contributed by atoms with van der Waals surface area (Å²) in [5, 5.41) is 5.04. The number of hydrogen-bond donors (Lipinski definition) is 2. The minimum absolute atomic E-state index is 0.254. The van der Waals surface area contributed by atoms with Gasteiger partial charge in [-0.3, -0.25) is 9.59 Å². The number of esters is 2. The Balaban J connectivity index is 2.76. The second-order valence-corrected chi connectivity index (χ2v) is 4.96. The summed E-state index contributed by atoms with van der Waals surface area (Å²) in [6.45, 7) is 0. The Morgan fingerprint density at radius 1 is 0.643 bits per heavy atom. The van der Waals surface area contributed by atoms with Crippen molar-refractivity contribution in [3.8, 4) is 0 Å². The summed E-state index contributed by atoms with van der Waals surface area (Å²) < 4.78 is 18.5. The molecular formula is C18H20N2O8. The summed E-state index contributed by atoms with van der Waals surface area (Å²) in [4.78, 5) is 46.5. The molecule has 1 aromatic rings. The third-order valence-corrected chi connectivity index (χ3v) is 3.16. The van der Waals surface area contributed by atoms with E-state index in [0.717, 1.165) is 26.4 Å². The topological polar surface area (TPSA) is 129 Å². The Labute approximate surface area is 161 Å². The average molecular weight is 392 g/mol. The summed E-state index contributed by atoms with van der Waals surface area (Å²) in [6.07, 6.45) is 1.90. The highest BCUT2D eigenvalue weighted by molar-refractivity contribution is 6.05. The van der Waals surface area contributed by atoms with Gasteiger partial charge >= 0.3 is 11.9 Å². The lowest BCUT2D eigenvalue weighted by molar-refractivity contribution is -0.140. The van der Waals surface area contributed by atoms with E-state index in [0.29, 0.717) is 11.4 Å². The lowest BCUT2D eigenvalue weighted by Gasteiger charge is -2.07. The predicted molar refractivity (Wildman–Crippen MR) is 97.9 cm³/mol. The largest absolute Gasteiger partial charge is 0.490 e. The third kappa shape index (κ3) is 6.83. The molecule has 0 aromatic heterocycles. The first-order valence-corrected chi connectivity index (χ1v) is 7.74. The molecule has 2 amide bonds. The lowest BCUT2D eigenvalue weighted by Crippen LogP contribution is -2.15. The zero-order valence-corrected chi connectivity index (χ0v) is 15.7. The monoisotopic (exact) mass is 392 g/mol. The second kappa shape index (κ2) is 11.0. The molecule has 0 heterocycles. The van der Waals surface area contributed by atoms with Crippen molar-refractivity contribution in [3.63, 3.8) is 0 Å². The summed E-state index contributed by atoms with van der Waals surface area (Å²) in [5.41, 5.74) is 0.810. The first-order chi connectivity index (χ1) is 13.3. The number of hydrogen-bond acceptors (Lipinski definition) is 8. The van der Waals surface area contributed by atoms with Crippen LogP contribution in [-0.4, -0.2) is 52.2 Å². The molecule has 10 heteroatoms. The van der Waals surface area contributed by atoms with Crippen LogP contribution in [0.25, 0.3) is 0 Å². The predicted octanol–water partition coefficient (Wildman–Crippen LogP) is 0.970. The van der Waals surface area contributed by atoms with Crippen LogP contribution in [0.3, 0.4) is 0 Å². The number of carbonyl (C=O) groups is 4. The zero-order chi connectivity index (χ0) is 21.1. The van der Waals surface area contributed by atoms with Gasteiger partial charge < -0.3 is 29.6 Å². The summed E-state index contributed by atoms with van der Waals surface area (Å²) >= 11 is 0. The molecule has 10 nitrogen and oxygen atoms in total. The Morgan fingerprint density at radius 2 is 0.964 bits per heavy atom. The Hall–Kier alpha value is -3.82. The van der Waals surface area contributed by atoms with Crippen LogP contribution >= 0.6 is 0 Å². The van der Waals surface area contributed by atoms with Crippen molar-refractivity contribution in [1.82, 2.24) is 0 Å². The van der Waals surface area contributed by atoms with E-state index in [4.69, 9.17) is 9.47 Å². The molecule has 0 bridgehead atoms. The number of amides is 2. The van der Waals surface area contributed by atoms with Crippen molar-refractivity contribution >= 4 is 35.1 Å². The van der Waals surface area contributed by atoms with Crippen LogP contribution in [0.4, 0.5) is 11.4 Å². The highest BCUT2D eigenvalue weighted by Crippen LogP contribution is 2.14. The first-order valence-electron chi connectivity index (χ1n) is 7.74. The second-order valence-electron chi connectivity index (χ2n) is 4.96. The maximum Gasteiger partial charge on any atom is 0.373 e. The Kier molecular flexibility index (Phi) is 8.74. The molecule has 150 valence electrons. The van der Waals surface area contributed by atoms with E-state index < -0.39 is 23.8 Å². The van der Waals surface area contributed by atoms with Gasteiger partial charge in [-0.05, 0) is 24.3 Å². The normalized spacial score (nSPS) is 11.1. The molecule has 0 saturated carbocycles. The van der Waals surface area contributed by atoms with Gasteiger partial charge in [0.2, 0.25) is 11.5 Å². The fourth-order valence-electron chi connectivity index (χ4n) is 1.84. The van der Waals surface area contributed by atoms with E-state index in [1.165, 1.54) is 38.5 Å². The smallest absolute Gasteiger partial charge is 0.373 e. The molecule has 0 fully saturated rings. The van der Waals surface area contributed by atoms with Crippen molar-refractivity contribution in [2.45, 2.75) is 0 Å².